The van der Waals surface area contributed by atoms with Crippen LogP contribution in [0.2, 0.25) is 0 Å². The molecule has 2 fully saturated rings. The molecule has 1 atom stereocenters. The smallest absolute Gasteiger partial charge is 0.242 e. The first kappa shape index (κ1) is 22.4. The number of halogens is 1. The van der Waals surface area contributed by atoms with Gasteiger partial charge in [0.05, 0.1) is 12.6 Å². The summed E-state index contributed by atoms with van der Waals surface area (Å²) in [5.41, 5.74) is 1.12. The maximum Gasteiger partial charge on any atom is 0.242 e. The molecule has 2 heterocycles. The van der Waals surface area contributed by atoms with Gasteiger partial charge in [-0.25, -0.2) is 4.39 Å². The highest BCUT2D eigenvalue weighted by Gasteiger charge is 2.36. The Morgan fingerprint density at radius 2 is 1.85 bits per heavy atom. The number of fused-ring (bicyclic) bond motifs is 1. The predicted octanol–water partition coefficient (Wildman–Crippen LogP) is 4.82. The van der Waals surface area contributed by atoms with E-state index in [0.29, 0.717) is 31.4 Å². The summed E-state index contributed by atoms with van der Waals surface area (Å²) in [7, 11) is 0. The summed E-state index contributed by atoms with van der Waals surface area (Å²) in [4.78, 5) is 31.8. The zero-order chi connectivity index (χ0) is 22.8. The van der Waals surface area contributed by atoms with Gasteiger partial charge in [-0.05, 0) is 79.3 Å². The average molecular weight is 471 g/mol. The number of nitrogens with zero attached hydrogens (tertiary/aromatic N) is 2. The number of rotatable bonds is 8. The molecule has 0 N–H and O–H groups in total. The second-order valence-electron chi connectivity index (χ2n) is 9.56. The maximum atomic E-state index is 13.6. The molecule has 1 aromatic carbocycles. The minimum atomic E-state index is -0.306. The van der Waals surface area contributed by atoms with E-state index in [1.54, 1.807) is 23.5 Å². The number of hydrogen-bond donors (Lipinski definition) is 0. The van der Waals surface area contributed by atoms with E-state index in [1.165, 1.54) is 17.0 Å². The van der Waals surface area contributed by atoms with Gasteiger partial charge < -0.3 is 14.5 Å². The molecule has 33 heavy (non-hydrogen) atoms. The van der Waals surface area contributed by atoms with Crippen LogP contribution in [0.1, 0.15) is 55.0 Å². The minimum absolute atomic E-state index is 0.00782. The second-order valence-corrected chi connectivity index (χ2v) is 10.6. The maximum absolute atomic E-state index is 13.6. The average Bonchev–Trinajstić information content (AvgIpc) is 3.27. The van der Waals surface area contributed by atoms with E-state index in [2.05, 4.69) is 11.4 Å². The van der Waals surface area contributed by atoms with Crippen LogP contribution in [0.25, 0.3) is 0 Å². The van der Waals surface area contributed by atoms with Gasteiger partial charge in [-0.3, -0.25) is 9.59 Å². The molecule has 7 heteroatoms. The quantitative estimate of drug-likeness (QED) is 0.556. The largest absolute Gasteiger partial charge is 0.491 e. The predicted molar refractivity (Wildman–Crippen MR) is 126 cm³/mol. The van der Waals surface area contributed by atoms with Gasteiger partial charge in [-0.15, -0.1) is 11.3 Å². The molecule has 0 spiro atoms. The molecular weight excluding hydrogens is 439 g/mol. The van der Waals surface area contributed by atoms with Crippen molar-refractivity contribution in [3.8, 4) is 5.75 Å². The van der Waals surface area contributed by atoms with Crippen LogP contribution in [0.3, 0.4) is 0 Å². The zero-order valence-corrected chi connectivity index (χ0v) is 19.7. The Hall–Kier alpha value is -2.41. The third-order valence-corrected chi connectivity index (χ3v) is 8.15. The molecule has 0 saturated heterocycles. The fourth-order valence-electron chi connectivity index (χ4n) is 5.11. The lowest BCUT2D eigenvalue weighted by Crippen LogP contribution is -2.49. The van der Waals surface area contributed by atoms with Crippen molar-refractivity contribution in [3.05, 3.63) is 52.0 Å². The van der Waals surface area contributed by atoms with Crippen molar-refractivity contribution in [2.24, 2.45) is 11.8 Å². The number of carbonyl (C=O) groups excluding carboxylic acids is 2. The fraction of sp³-hybridized carbons (Fsp3) is 0.538. The van der Waals surface area contributed by atoms with Gasteiger partial charge in [-0.2, -0.15) is 0 Å². The molecule has 2 amide bonds. The van der Waals surface area contributed by atoms with E-state index in [1.807, 2.05) is 9.80 Å². The first-order valence-corrected chi connectivity index (χ1v) is 13.0. The van der Waals surface area contributed by atoms with Crippen LogP contribution in [0.15, 0.2) is 35.7 Å². The number of amides is 2. The molecule has 1 aromatic heterocycles. The molecule has 0 radical (unpaired) electrons. The number of hydrogen-bond acceptors (Lipinski definition) is 4. The van der Waals surface area contributed by atoms with Gasteiger partial charge in [0.15, 0.2) is 0 Å². The molecule has 2 aromatic rings. The lowest BCUT2D eigenvalue weighted by molar-refractivity contribution is -0.145. The van der Waals surface area contributed by atoms with E-state index in [-0.39, 0.29) is 36.1 Å². The summed E-state index contributed by atoms with van der Waals surface area (Å²) in [5, 5.41) is 2.06. The molecule has 5 rings (SSSR count). The molecule has 0 unspecified atom stereocenters. The fourth-order valence-corrected chi connectivity index (χ4v) is 6.04. The minimum Gasteiger partial charge on any atom is -0.491 e. The van der Waals surface area contributed by atoms with Crippen LogP contribution < -0.4 is 4.74 Å². The van der Waals surface area contributed by atoms with E-state index < -0.39 is 0 Å². The Balaban J connectivity index is 1.30. The highest BCUT2D eigenvalue weighted by molar-refractivity contribution is 7.10. The van der Waals surface area contributed by atoms with Gasteiger partial charge in [0, 0.05) is 23.9 Å². The van der Waals surface area contributed by atoms with Gasteiger partial charge >= 0.3 is 0 Å². The SMILES string of the molecule is O=C(C1CCCC1)N(CC(=O)N1CCc2sccc2[C@H]1COc1ccc(F)cc1)CC1CC1. The summed E-state index contributed by atoms with van der Waals surface area (Å²) >= 11 is 1.71. The lowest BCUT2D eigenvalue weighted by atomic mass is 10.00. The lowest BCUT2D eigenvalue weighted by Gasteiger charge is -2.37. The van der Waals surface area contributed by atoms with Gasteiger partial charge in [0.25, 0.3) is 0 Å². The Kier molecular flexibility index (Phi) is 6.67. The molecule has 5 nitrogen and oxygen atoms in total. The normalized spacial score (nSPS) is 20.5. The summed E-state index contributed by atoms with van der Waals surface area (Å²) in [6.07, 6.45) is 7.24. The third kappa shape index (κ3) is 5.24. The van der Waals surface area contributed by atoms with Crippen LogP contribution in [-0.4, -0.2) is 47.9 Å². The Morgan fingerprint density at radius 3 is 2.58 bits per heavy atom. The zero-order valence-electron chi connectivity index (χ0n) is 18.9. The van der Waals surface area contributed by atoms with E-state index >= 15 is 0 Å². The molecule has 3 aliphatic rings. The van der Waals surface area contributed by atoms with Crippen LogP contribution in [0.5, 0.6) is 5.75 Å². The first-order chi connectivity index (χ1) is 16.1. The number of carbonyl (C=O) groups is 2. The van der Waals surface area contributed by atoms with Crippen molar-refractivity contribution in [1.29, 1.82) is 0 Å². The summed E-state index contributed by atoms with van der Waals surface area (Å²) in [6.45, 7) is 1.78. The van der Waals surface area contributed by atoms with Crippen LogP contribution in [0.4, 0.5) is 4.39 Å². The van der Waals surface area contributed by atoms with Crippen LogP contribution >= 0.6 is 11.3 Å². The molecule has 0 bridgehead atoms. The van der Waals surface area contributed by atoms with Crippen LogP contribution in [-0.2, 0) is 16.0 Å². The second kappa shape index (κ2) is 9.84. The standard InChI is InChI=1S/C26H31FN2O3S/c27-20-7-9-21(10-8-20)32-17-23-22-12-14-33-24(22)11-13-29(23)25(30)16-28(15-18-5-6-18)26(31)19-3-1-2-4-19/h7-10,12,14,18-19,23H,1-6,11,13,15-17H2/t23-/m1/s1. The summed E-state index contributed by atoms with van der Waals surface area (Å²) in [6, 6.07) is 7.83. The van der Waals surface area contributed by atoms with E-state index in [0.717, 1.165) is 50.5 Å². The molecular formula is C26H31FN2O3S. The van der Waals surface area contributed by atoms with Crippen LogP contribution in [0, 0.1) is 17.7 Å². The monoisotopic (exact) mass is 470 g/mol. The van der Waals surface area contributed by atoms with Gasteiger partial charge in [0.1, 0.15) is 18.2 Å². The molecule has 2 aliphatic carbocycles. The molecule has 1 aliphatic heterocycles. The van der Waals surface area contributed by atoms with Gasteiger partial charge in [-0.1, -0.05) is 12.8 Å². The van der Waals surface area contributed by atoms with Crippen molar-refractivity contribution in [2.45, 2.75) is 51.0 Å². The molecule has 2 saturated carbocycles. The van der Waals surface area contributed by atoms with E-state index in [4.69, 9.17) is 4.74 Å². The van der Waals surface area contributed by atoms with Crippen molar-refractivity contribution >= 4 is 23.2 Å². The highest BCUT2D eigenvalue weighted by Crippen LogP contribution is 2.35. The Labute approximate surface area is 198 Å². The van der Waals surface area contributed by atoms with Gasteiger partial charge in [0.2, 0.25) is 11.8 Å². The van der Waals surface area contributed by atoms with Crippen molar-refractivity contribution in [1.82, 2.24) is 9.80 Å². The van der Waals surface area contributed by atoms with Crippen molar-refractivity contribution < 1.29 is 18.7 Å². The number of ether oxygens (including phenoxy) is 1. The Morgan fingerprint density at radius 1 is 1.09 bits per heavy atom. The van der Waals surface area contributed by atoms with Crippen molar-refractivity contribution in [3.63, 3.8) is 0 Å². The summed E-state index contributed by atoms with van der Waals surface area (Å²) < 4.78 is 19.2. The summed E-state index contributed by atoms with van der Waals surface area (Å²) in [5.74, 6) is 1.06. The first-order valence-electron chi connectivity index (χ1n) is 12.1. The van der Waals surface area contributed by atoms with E-state index in [9.17, 15) is 14.0 Å². The van der Waals surface area contributed by atoms with Crippen molar-refractivity contribution in [2.75, 3.05) is 26.2 Å². The number of thiophene rings is 1. The topological polar surface area (TPSA) is 49.9 Å². The molecule has 176 valence electrons. The Bertz CT molecular complexity index is 982. The number of benzene rings is 1. The highest BCUT2D eigenvalue weighted by atomic mass is 32.1. The third-order valence-electron chi connectivity index (χ3n) is 7.15.